The largest absolute Gasteiger partial charge is 0.507 e. The average molecular weight is 420 g/mol. The zero-order valence-corrected chi connectivity index (χ0v) is 17.9. The molecule has 0 amide bonds. The summed E-state index contributed by atoms with van der Waals surface area (Å²) < 4.78 is 17.6. The molecule has 0 aliphatic carbocycles. The van der Waals surface area contributed by atoms with Crippen molar-refractivity contribution in [2.45, 2.75) is 51.7 Å². The number of aromatic hydroxyl groups is 2. The molecule has 1 aromatic heterocycles. The predicted molar refractivity (Wildman–Crippen MR) is 118 cm³/mol. The van der Waals surface area contributed by atoms with Crippen LogP contribution in [0.5, 0.6) is 23.0 Å². The summed E-state index contributed by atoms with van der Waals surface area (Å²) in [5.74, 6) is 0.842. The van der Waals surface area contributed by atoms with Crippen LogP contribution < -0.4 is 14.9 Å². The number of phenolic OH excluding ortho intramolecular Hbond substituents is 2. The van der Waals surface area contributed by atoms with Crippen LogP contribution in [0, 0.1) is 0 Å². The summed E-state index contributed by atoms with van der Waals surface area (Å²) in [5.41, 5.74) is 0.820. The third-order valence-electron chi connectivity index (χ3n) is 5.92. The number of hydrogen-bond donors (Lipinski definition) is 2. The van der Waals surface area contributed by atoms with Crippen molar-refractivity contribution in [3.05, 3.63) is 51.9 Å². The summed E-state index contributed by atoms with van der Waals surface area (Å²) in [5, 5.41) is 21.6. The first-order valence-corrected chi connectivity index (χ1v) is 10.3. The van der Waals surface area contributed by atoms with Gasteiger partial charge in [0.05, 0.1) is 5.56 Å². The van der Waals surface area contributed by atoms with E-state index in [1.165, 1.54) is 12.3 Å². The Morgan fingerprint density at radius 2 is 1.74 bits per heavy atom. The molecule has 0 saturated heterocycles. The standard InChI is InChI=1S/C25H24O6/c1-24(2)7-5-13-9-15(17(26)10-18(13)30-24)16-12-29-20-11-19-14(6-8-25(3,4)31-19)22(27)21(20)23(16)28/h5,7,9-12,26-27H,6,8H2,1-4H3. The van der Waals surface area contributed by atoms with Crippen LogP contribution >= 0.6 is 0 Å². The van der Waals surface area contributed by atoms with E-state index in [1.807, 2.05) is 39.8 Å². The van der Waals surface area contributed by atoms with Crippen LogP contribution in [0.1, 0.15) is 45.2 Å². The summed E-state index contributed by atoms with van der Waals surface area (Å²) in [6, 6.07) is 4.85. The van der Waals surface area contributed by atoms with Crippen LogP contribution in [-0.4, -0.2) is 21.4 Å². The third-order valence-corrected chi connectivity index (χ3v) is 5.92. The van der Waals surface area contributed by atoms with E-state index in [1.54, 1.807) is 12.1 Å². The fourth-order valence-electron chi connectivity index (χ4n) is 4.21. The van der Waals surface area contributed by atoms with Crippen molar-refractivity contribution in [3.8, 4) is 34.1 Å². The Labute approximate surface area is 179 Å². The second kappa shape index (κ2) is 6.30. The van der Waals surface area contributed by atoms with Gasteiger partial charge in [-0.3, -0.25) is 4.79 Å². The lowest BCUT2D eigenvalue weighted by Gasteiger charge is -2.33. The van der Waals surface area contributed by atoms with E-state index in [-0.39, 0.29) is 33.6 Å². The Kier molecular flexibility index (Phi) is 3.97. The van der Waals surface area contributed by atoms with Gasteiger partial charge >= 0.3 is 0 Å². The van der Waals surface area contributed by atoms with Crippen molar-refractivity contribution < 1.29 is 24.1 Å². The first-order valence-electron chi connectivity index (χ1n) is 10.3. The average Bonchev–Trinajstić information content (AvgIpc) is 2.66. The molecule has 6 heteroatoms. The van der Waals surface area contributed by atoms with Crippen LogP contribution in [0.15, 0.2) is 39.7 Å². The molecule has 0 radical (unpaired) electrons. The van der Waals surface area contributed by atoms with Crippen molar-refractivity contribution in [1.82, 2.24) is 0 Å². The van der Waals surface area contributed by atoms with E-state index in [9.17, 15) is 15.0 Å². The van der Waals surface area contributed by atoms with Gasteiger partial charge in [-0.15, -0.1) is 0 Å². The molecule has 0 atom stereocenters. The van der Waals surface area contributed by atoms with E-state index in [2.05, 4.69) is 0 Å². The van der Waals surface area contributed by atoms with Gasteiger partial charge in [0.2, 0.25) is 5.43 Å². The normalized spacial score (nSPS) is 18.1. The molecule has 3 heterocycles. The van der Waals surface area contributed by atoms with E-state index < -0.39 is 11.0 Å². The van der Waals surface area contributed by atoms with Crippen molar-refractivity contribution in [2.75, 3.05) is 0 Å². The maximum Gasteiger partial charge on any atom is 0.204 e. The maximum absolute atomic E-state index is 13.4. The Balaban J connectivity index is 1.69. The predicted octanol–water partition coefficient (Wildman–Crippen LogP) is 5.16. The molecule has 5 rings (SSSR count). The lowest BCUT2D eigenvalue weighted by atomic mass is 9.92. The third kappa shape index (κ3) is 3.14. The smallest absolute Gasteiger partial charge is 0.204 e. The fraction of sp³-hybridized carbons (Fsp3) is 0.320. The highest BCUT2D eigenvalue weighted by Crippen LogP contribution is 2.43. The fourth-order valence-corrected chi connectivity index (χ4v) is 4.21. The van der Waals surface area contributed by atoms with Crippen LogP contribution in [0.4, 0.5) is 0 Å². The molecule has 0 fully saturated rings. The van der Waals surface area contributed by atoms with Gasteiger partial charge in [0.15, 0.2) is 0 Å². The van der Waals surface area contributed by atoms with E-state index in [0.29, 0.717) is 29.0 Å². The van der Waals surface area contributed by atoms with Crippen molar-refractivity contribution in [2.24, 2.45) is 0 Å². The summed E-state index contributed by atoms with van der Waals surface area (Å²) in [4.78, 5) is 13.4. The molecule has 2 aliphatic heterocycles. The molecule has 160 valence electrons. The molecule has 6 nitrogen and oxygen atoms in total. The van der Waals surface area contributed by atoms with Gasteiger partial charge in [0.1, 0.15) is 51.4 Å². The second-order valence-electron chi connectivity index (χ2n) is 9.36. The molecule has 31 heavy (non-hydrogen) atoms. The van der Waals surface area contributed by atoms with Crippen LogP contribution in [-0.2, 0) is 6.42 Å². The highest BCUT2D eigenvalue weighted by Gasteiger charge is 2.31. The van der Waals surface area contributed by atoms with Crippen LogP contribution in [0.3, 0.4) is 0 Å². The van der Waals surface area contributed by atoms with E-state index in [4.69, 9.17) is 13.9 Å². The van der Waals surface area contributed by atoms with Crippen LogP contribution in [0.25, 0.3) is 28.2 Å². The minimum absolute atomic E-state index is 0.0876. The Morgan fingerprint density at radius 3 is 2.52 bits per heavy atom. The lowest BCUT2D eigenvalue weighted by molar-refractivity contribution is 0.0839. The first-order chi connectivity index (χ1) is 14.5. The lowest BCUT2D eigenvalue weighted by Crippen LogP contribution is -2.32. The van der Waals surface area contributed by atoms with Crippen molar-refractivity contribution in [3.63, 3.8) is 0 Å². The molecule has 2 aromatic carbocycles. The van der Waals surface area contributed by atoms with E-state index >= 15 is 0 Å². The molecule has 0 unspecified atom stereocenters. The topological polar surface area (TPSA) is 89.1 Å². The van der Waals surface area contributed by atoms with Gasteiger partial charge in [-0.05, 0) is 52.7 Å². The number of benzene rings is 2. The SMILES string of the molecule is CC1(C)C=Cc2cc(-c3coc4cc5c(c(O)c4c3=O)CCC(C)(C)O5)c(O)cc2O1. The molecule has 2 N–H and O–H groups in total. The zero-order valence-electron chi connectivity index (χ0n) is 17.9. The molecular weight excluding hydrogens is 396 g/mol. The number of phenols is 2. The minimum Gasteiger partial charge on any atom is -0.507 e. The molecule has 2 aliphatic rings. The maximum atomic E-state index is 13.4. The van der Waals surface area contributed by atoms with Gasteiger partial charge in [-0.1, -0.05) is 6.08 Å². The monoisotopic (exact) mass is 420 g/mol. The Morgan fingerprint density at radius 1 is 0.968 bits per heavy atom. The van der Waals surface area contributed by atoms with Gasteiger partial charge in [0, 0.05) is 28.8 Å². The second-order valence-corrected chi connectivity index (χ2v) is 9.36. The molecule has 0 saturated carbocycles. The number of ether oxygens (including phenoxy) is 2. The molecular formula is C25H24O6. The Hall–Kier alpha value is -3.41. The van der Waals surface area contributed by atoms with Gasteiger partial charge in [0.25, 0.3) is 0 Å². The number of hydrogen-bond acceptors (Lipinski definition) is 6. The summed E-state index contributed by atoms with van der Waals surface area (Å²) in [6.45, 7) is 7.80. The highest BCUT2D eigenvalue weighted by atomic mass is 16.5. The first kappa shape index (κ1) is 19.5. The van der Waals surface area contributed by atoms with Crippen molar-refractivity contribution >= 4 is 17.0 Å². The van der Waals surface area contributed by atoms with E-state index in [0.717, 1.165) is 12.0 Å². The highest BCUT2D eigenvalue weighted by molar-refractivity contribution is 5.91. The zero-order chi connectivity index (χ0) is 22.1. The van der Waals surface area contributed by atoms with Gasteiger partial charge in [-0.25, -0.2) is 0 Å². The summed E-state index contributed by atoms with van der Waals surface area (Å²) >= 11 is 0. The summed E-state index contributed by atoms with van der Waals surface area (Å²) in [6.07, 6.45) is 6.44. The van der Waals surface area contributed by atoms with Crippen molar-refractivity contribution in [1.29, 1.82) is 0 Å². The quantitative estimate of drug-likeness (QED) is 0.565. The minimum atomic E-state index is -0.482. The molecule has 0 bridgehead atoms. The number of fused-ring (bicyclic) bond motifs is 3. The van der Waals surface area contributed by atoms with Gasteiger partial charge < -0.3 is 24.1 Å². The Bertz CT molecular complexity index is 1330. The molecule has 0 spiro atoms. The van der Waals surface area contributed by atoms with Crippen LogP contribution in [0.2, 0.25) is 0 Å². The molecule has 3 aromatic rings. The number of rotatable bonds is 1. The van der Waals surface area contributed by atoms with Gasteiger partial charge in [-0.2, -0.15) is 0 Å². The summed E-state index contributed by atoms with van der Waals surface area (Å²) in [7, 11) is 0.